The first-order valence-electron chi connectivity index (χ1n) is 8.82. The van der Waals surface area contributed by atoms with Crippen molar-refractivity contribution in [2.45, 2.75) is 32.4 Å². The minimum Gasteiger partial charge on any atom is -0.419 e. The minimum absolute atomic E-state index is 0.408. The molecule has 1 fully saturated rings. The number of nitrogens with one attached hydrogen (secondary N) is 1. The summed E-state index contributed by atoms with van der Waals surface area (Å²) in [6.45, 7) is 2.53. The molecule has 1 N–H and O–H groups in total. The van der Waals surface area contributed by atoms with Crippen molar-refractivity contribution >= 4 is 34.6 Å². The molecule has 2 aromatic carbocycles. The highest BCUT2D eigenvalue weighted by Crippen LogP contribution is 2.30. The fourth-order valence-corrected chi connectivity index (χ4v) is 3.43. The van der Waals surface area contributed by atoms with Gasteiger partial charge in [-0.1, -0.05) is 35.9 Å². The molecule has 0 aliphatic heterocycles. The molecule has 0 radical (unpaired) electrons. The fourth-order valence-electron chi connectivity index (χ4n) is 2.88. The molecule has 3 aromatic rings. The second-order valence-electron chi connectivity index (χ2n) is 6.64. The van der Waals surface area contributed by atoms with Crippen molar-refractivity contribution < 1.29 is 4.42 Å². The molecule has 0 unspecified atom stereocenters. The average molecular weight is 399 g/mol. The quantitative estimate of drug-likeness (QED) is 0.606. The van der Waals surface area contributed by atoms with E-state index in [2.05, 4.69) is 39.5 Å². The van der Waals surface area contributed by atoms with Gasteiger partial charge in [-0.2, -0.15) is 0 Å². The van der Waals surface area contributed by atoms with Crippen LogP contribution in [0, 0.1) is 6.92 Å². The Kier molecular flexibility index (Phi) is 5.09. The lowest BCUT2D eigenvalue weighted by molar-refractivity contribution is 0.351. The fraction of sp³-hybridized carbons (Fsp3) is 0.250. The first kappa shape index (κ1) is 17.9. The van der Waals surface area contributed by atoms with Crippen LogP contribution in [0.25, 0.3) is 11.5 Å². The number of hydrogen-bond donors (Lipinski definition) is 1. The number of rotatable bonds is 5. The Hall–Kier alpha value is -2.44. The van der Waals surface area contributed by atoms with Gasteiger partial charge in [-0.15, -0.1) is 10.2 Å². The number of anilines is 1. The topological polar surface area (TPSA) is 54.2 Å². The molecule has 1 aliphatic rings. The van der Waals surface area contributed by atoms with Gasteiger partial charge < -0.3 is 14.6 Å². The number of hydrogen-bond acceptors (Lipinski definition) is 4. The third-order valence-electron chi connectivity index (χ3n) is 4.39. The molecule has 0 bridgehead atoms. The smallest absolute Gasteiger partial charge is 0.249 e. The van der Waals surface area contributed by atoms with Gasteiger partial charge in [-0.25, -0.2) is 0 Å². The summed E-state index contributed by atoms with van der Waals surface area (Å²) in [5, 5.41) is 12.9. The zero-order valence-corrected chi connectivity index (χ0v) is 16.4. The molecule has 0 spiro atoms. The van der Waals surface area contributed by atoms with Crippen molar-refractivity contribution in [2.24, 2.45) is 0 Å². The molecule has 0 amide bonds. The van der Waals surface area contributed by atoms with Crippen LogP contribution in [0.5, 0.6) is 0 Å². The van der Waals surface area contributed by atoms with E-state index in [0.717, 1.165) is 24.1 Å². The molecule has 7 heteroatoms. The molecular formula is C20H19ClN4OS. The van der Waals surface area contributed by atoms with Gasteiger partial charge in [0.05, 0.1) is 17.1 Å². The summed E-state index contributed by atoms with van der Waals surface area (Å²) in [4.78, 5) is 2.11. The first-order chi connectivity index (χ1) is 13.1. The third kappa shape index (κ3) is 4.28. The van der Waals surface area contributed by atoms with Gasteiger partial charge in [0, 0.05) is 11.7 Å². The zero-order valence-electron chi connectivity index (χ0n) is 14.9. The Morgan fingerprint density at radius 3 is 2.78 bits per heavy atom. The van der Waals surface area contributed by atoms with Crippen LogP contribution in [0.3, 0.4) is 0 Å². The van der Waals surface area contributed by atoms with Gasteiger partial charge in [0.25, 0.3) is 0 Å². The molecule has 1 saturated carbocycles. The largest absolute Gasteiger partial charge is 0.419 e. The molecule has 138 valence electrons. The Morgan fingerprint density at radius 2 is 2.04 bits per heavy atom. The average Bonchev–Trinajstić information content (AvgIpc) is 3.38. The Labute approximate surface area is 168 Å². The maximum absolute atomic E-state index is 6.22. The van der Waals surface area contributed by atoms with Gasteiger partial charge >= 0.3 is 0 Å². The van der Waals surface area contributed by atoms with Crippen LogP contribution in [0.1, 0.15) is 24.3 Å². The Bertz CT molecular complexity index is 970. The van der Waals surface area contributed by atoms with Gasteiger partial charge in [0.2, 0.25) is 11.8 Å². The molecule has 4 rings (SSSR count). The summed E-state index contributed by atoms with van der Waals surface area (Å²) < 4.78 is 5.84. The van der Waals surface area contributed by atoms with Crippen molar-refractivity contribution in [1.82, 2.24) is 15.1 Å². The molecule has 1 aliphatic carbocycles. The number of thiocarbonyl (C=S) groups is 1. The highest BCUT2D eigenvalue weighted by molar-refractivity contribution is 7.80. The second kappa shape index (κ2) is 7.66. The zero-order chi connectivity index (χ0) is 18.8. The predicted molar refractivity (Wildman–Crippen MR) is 111 cm³/mol. The van der Waals surface area contributed by atoms with Crippen molar-refractivity contribution in [3.8, 4) is 11.5 Å². The van der Waals surface area contributed by atoms with Crippen LogP contribution in [0.4, 0.5) is 5.69 Å². The maximum atomic E-state index is 6.22. The molecule has 27 heavy (non-hydrogen) atoms. The molecule has 0 atom stereocenters. The Balaban J connectivity index is 1.49. The number of benzene rings is 2. The molecule has 0 saturated heterocycles. The number of halogens is 1. The number of aromatic nitrogens is 2. The lowest BCUT2D eigenvalue weighted by Crippen LogP contribution is -2.36. The number of nitrogens with zero attached hydrogens (tertiary/aromatic N) is 3. The van der Waals surface area contributed by atoms with Crippen LogP contribution in [0.2, 0.25) is 5.02 Å². The predicted octanol–water partition coefficient (Wildman–Crippen LogP) is 5.06. The van der Waals surface area contributed by atoms with Crippen LogP contribution >= 0.6 is 23.8 Å². The molecule has 5 nitrogen and oxygen atoms in total. The molecule has 1 heterocycles. The van der Waals surface area contributed by atoms with Crippen LogP contribution < -0.4 is 5.32 Å². The van der Waals surface area contributed by atoms with Crippen LogP contribution in [0.15, 0.2) is 52.9 Å². The minimum atomic E-state index is 0.408. The second-order valence-corrected chi connectivity index (χ2v) is 7.43. The normalized spacial score (nSPS) is 13.4. The van der Waals surface area contributed by atoms with Crippen molar-refractivity contribution in [3.63, 3.8) is 0 Å². The van der Waals surface area contributed by atoms with E-state index in [4.69, 9.17) is 28.2 Å². The van der Waals surface area contributed by atoms with E-state index in [1.807, 2.05) is 30.3 Å². The molecule has 1 aromatic heterocycles. The van der Waals surface area contributed by atoms with Crippen molar-refractivity contribution in [1.29, 1.82) is 0 Å². The molecular weight excluding hydrogens is 380 g/mol. The van der Waals surface area contributed by atoms with E-state index >= 15 is 0 Å². The van der Waals surface area contributed by atoms with Gasteiger partial charge in [0.15, 0.2) is 5.11 Å². The third-order valence-corrected chi connectivity index (χ3v) is 5.06. The Morgan fingerprint density at radius 1 is 1.22 bits per heavy atom. The summed E-state index contributed by atoms with van der Waals surface area (Å²) in [5.74, 6) is 0.939. The van der Waals surface area contributed by atoms with Gasteiger partial charge in [0.1, 0.15) is 0 Å². The van der Waals surface area contributed by atoms with E-state index in [9.17, 15) is 0 Å². The highest BCUT2D eigenvalue weighted by atomic mass is 35.5. The van der Waals surface area contributed by atoms with E-state index in [0.29, 0.717) is 34.5 Å². The first-order valence-corrected chi connectivity index (χ1v) is 9.60. The summed E-state index contributed by atoms with van der Waals surface area (Å²) in [7, 11) is 0. The lowest BCUT2D eigenvalue weighted by atomic mass is 10.2. The van der Waals surface area contributed by atoms with Gasteiger partial charge in [-0.3, -0.25) is 0 Å². The standard InChI is InChI=1S/C20H19ClN4OS/c1-13-5-4-6-14(11-13)22-20(27)25(15-9-10-15)12-18-23-24-19(26-18)16-7-2-3-8-17(16)21/h2-8,11,15H,9-10,12H2,1H3,(H,22,27). The van der Waals surface area contributed by atoms with E-state index < -0.39 is 0 Å². The van der Waals surface area contributed by atoms with Crippen LogP contribution in [-0.2, 0) is 6.54 Å². The van der Waals surface area contributed by atoms with Gasteiger partial charge in [-0.05, 0) is 61.8 Å². The summed E-state index contributed by atoms with van der Waals surface area (Å²) in [5.41, 5.74) is 2.89. The summed E-state index contributed by atoms with van der Waals surface area (Å²) in [6.07, 6.45) is 2.22. The van der Waals surface area contributed by atoms with E-state index in [1.165, 1.54) is 5.56 Å². The highest BCUT2D eigenvalue weighted by Gasteiger charge is 2.32. The SMILES string of the molecule is Cc1cccc(NC(=S)N(Cc2nnc(-c3ccccc3Cl)o2)C2CC2)c1. The maximum Gasteiger partial charge on any atom is 0.249 e. The monoisotopic (exact) mass is 398 g/mol. The lowest BCUT2D eigenvalue weighted by Gasteiger charge is -2.24. The van der Waals surface area contributed by atoms with Crippen molar-refractivity contribution in [2.75, 3.05) is 5.32 Å². The number of aryl methyl sites for hydroxylation is 1. The van der Waals surface area contributed by atoms with E-state index in [-0.39, 0.29) is 0 Å². The van der Waals surface area contributed by atoms with Crippen LogP contribution in [-0.4, -0.2) is 26.3 Å². The summed E-state index contributed by atoms with van der Waals surface area (Å²) in [6, 6.07) is 16.0. The van der Waals surface area contributed by atoms with Crippen molar-refractivity contribution in [3.05, 3.63) is 65.0 Å². The van der Waals surface area contributed by atoms with E-state index in [1.54, 1.807) is 6.07 Å². The summed E-state index contributed by atoms with van der Waals surface area (Å²) >= 11 is 11.9.